The molecule has 4 rings (SSSR count). The topological polar surface area (TPSA) is 55.4 Å². The van der Waals surface area contributed by atoms with Gasteiger partial charge in [0.1, 0.15) is 16.7 Å². The standard InChI is InChI=1S/C17H13F4NO3S/c18-11-6-12(19)16(21)17(15(11)20)26(23,24)8-1-2-9-10-3-4-22-7-14(10)25-13(9)5-8/h1-2,5-6,10,14,22H,3-4,7H2. The Morgan fingerprint density at radius 1 is 1.04 bits per heavy atom. The number of sulfone groups is 1. The molecule has 26 heavy (non-hydrogen) atoms. The number of hydrogen-bond acceptors (Lipinski definition) is 4. The molecule has 0 amide bonds. The van der Waals surface area contributed by atoms with Gasteiger partial charge >= 0.3 is 0 Å². The molecule has 0 radical (unpaired) electrons. The molecule has 1 fully saturated rings. The van der Waals surface area contributed by atoms with E-state index < -0.39 is 42.9 Å². The van der Waals surface area contributed by atoms with E-state index in [1.165, 1.54) is 12.1 Å². The molecule has 2 aliphatic rings. The van der Waals surface area contributed by atoms with Gasteiger partial charge in [0.05, 0.1) is 4.90 Å². The Balaban J connectivity index is 1.82. The number of hydrogen-bond donors (Lipinski definition) is 1. The monoisotopic (exact) mass is 387 g/mol. The quantitative estimate of drug-likeness (QED) is 0.636. The van der Waals surface area contributed by atoms with E-state index in [9.17, 15) is 26.0 Å². The van der Waals surface area contributed by atoms with Crippen LogP contribution in [0, 0.1) is 23.3 Å². The van der Waals surface area contributed by atoms with Crippen molar-refractivity contribution in [2.75, 3.05) is 13.1 Å². The summed E-state index contributed by atoms with van der Waals surface area (Å²) in [5, 5.41) is 3.16. The largest absolute Gasteiger partial charge is 0.488 e. The molecule has 0 aromatic heterocycles. The van der Waals surface area contributed by atoms with Crippen molar-refractivity contribution in [1.29, 1.82) is 0 Å². The first-order valence-electron chi connectivity index (χ1n) is 7.90. The van der Waals surface area contributed by atoms with Crippen LogP contribution in [0.3, 0.4) is 0 Å². The van der Waals surface area contributed by atoms with E-state index >= 15 is 0 Å². The molecule has 2 heterocycles. The molecule has 1 N–H and O–H groups in total. The summed E-state index contributed by atoms with van der Waals surface area (Å²) in [7, 11) is -4.83. The SMILES string of the molecule is O=S(=O)(c1ccc2c(c1)OC1CNCCC21)c1c(F)c(F)cc(F)c1F. The van der Waals surface area contributed by atoms with Crippen LogP contribution in [0.5, 0.6) is 5.75 Å². The van der Waals surface area contributed by atoms with Gasteiger partial charge in [0, 0.05) is 24.1 Å². The predicted octanol–water partition coefficient (Wildman–Crippen LogP) is 2.91. The fourth-order valence-corrected chi connectivity index (χ4v) is 4.88. The van der Waals surface area contributed by atoms with Crippen molar-refractivity contribution in [2.45, 2.75) is 28.2 Å². The van der Waals surface area contributed by atoms with E-state index in [2.05, 4.69) is 5.32 Å². The second-order valence-corrected chi connectivity index (χ2v) is 8.14. The molecule has 1 saturated heterocycles. The van der Waals surface area contributed by atoms with E-state index in [-0.39, 0.29) is 18.1 Å². The average molecular weight is 387 g/mol. The lowest BCUT2D eigenvalue weighted by atomic mass is 9.90. The lowest BCUT2D eigenvalue weighted by molar-refractivity contribution is 0.176. The highest BCUT2D eigenvalue weighted by Gasteiger charge is 2.38. The molecule has 0 saturated carbocycles. The molecule has 2 unspecified atom stereocenters. The third-order valence-electron chi connectivity index (χ3n) is 4.74. The number of halogens is 4. The lowest BCUT2D eigenvalue weighted by Gasteiger charge is -2.24. The van der Waals surface area contributed by atoms with Crippen molar-refractivity contribution in [3.63, 3.8) is 0 Å². The highest BCUT2D eigenvalue weighted by Crippen LogP contribution is 2.43. The van der Waals surface area contributed by atoms with Crippen LogP contribution in [0.2, 0.25) is 0 Å². The van der Waals surface area contributed by atoms with Gasteiger partial charge in [0.25, 0.3) is 0 Å². The van der Waals surface area contributed by atoms with Gasteiger partial charge in [-0.15, -0.1) is 0 Å². The van der Waals surface area contributed by atoms with Crippen molar-refractivity contribution in [1.82, 2.24) is 5.32 Å². The number of nitrogens with one attached hydrogen (secondary N) is 1. The van der Waals surface area contributed by atoms with Gasteiger partial charge in [-0.25, -0.2) is 26.0 Å². The fraction of sp³-hybridized carbons (Fsp3) is 0.294. The number of rotatable bonds is 2. The predicted molar refractivity (Wildman–Crippen MR) is 82.8 cm³/mol. The summed E-state index contributed by atoms with van der Waals surface area (Å²) in [6, 6.07) is 3.80. The van der Waals surface area contributed by atoms with Crippen molar-refractivity contribution in [3.05, 3.63) is 53.1 Å². The summed E-state index contributed by atoms with van der Waals surface area (Å²) >= 11 is 0. The maximum absolute atomic E-state index is 13.9. The van der Waals surface area contributed by atoms with Crippen LogP contribution < -0.4 is 10.1 Å². The zero-order chi connectivity index (χ0) is 18.6. The maximum atomic E-state index is 13.9. The van der Waals surface area contributed by atoms with Crippen LogP contribution in [0.4, 0.5) is 17.6 Å². The Morgan fingerprint density at radius 3 is 2.42 bits per heavy atom. The minimum absolute atomic E-state index is 0.0345. The van der Waals surface area contributed by atoms with Crippen molar-refractivity contribution in [3.8, 4) is 5.75 Å². The molecule has 4 nitrogen and oxygen atoms in total. The zero-order valence-electron chi connectivity index (χ0n) is 13.2. The van der Waals surface area contributed by atoms with Gasteiger partial charge in [0.2, 0.25) is 9.84 Å². The van der Waals surface area contributed by atoms with Crippen molar-refractivity contribution in [2.24, 2.45) is 0 Å². The highest BCUT2D eigenvalue weighted by atomic mass is 32.2. The van der Waals surface area contributed by atoms with E-state index in [1.807, 2.05) is 0 Å². The first-order chi connectivity index (χ1) is 12.3. The van der Waals surface area contributed by atoms with Gasteiger partial charge in [-0.05, 0) is 25.1 Å². The summed E-state index contributed by atoms with van der Waals surface area (Å²) in [6.07, 6.45) is 0.652. The zero-order valence-corrected chi connectivity index (χ0v) is 14.0. The molecular weight excluding hydrogens is 374 g/mol. The molecule has 0 bridgehead atoms. The minimum Gasteiger partial charge on any atom is -0.488 e. The molecule has 2 aliphatic heterocycles. The van der Waals surface area contributed by atoms with Crippen LogP contribution in [0.25, 0.3) is 0 Å². The van der Waals surface area contributed by atoms with E-state index in [0.29, 0.717) is 12.3 Å². The summed E-state index contributed by atoms with van der Waals surface area (Å²) in [5.74, 6) is -7.08. The molecule has 2 aromatic carbocycles. The molecule has 138 valence electrons. The smallest absolute Gasteiger partial charge is 0.212 e. The van der Waals surface area contributed by atoms with E-state index in [4.69, 9.17) is 4.74 Å². The van der Waals surface area contributed by atoms with E-state index in [0.717, 1.165) is 24.6 Å². The normalized spacial score (nSPS) is 21.8. The second-order valence-electron chi connectivity index (χ2n) is 6.26. The molecular formula is C17H13F4NO3S. The first kappa shape index (κ1) is 17.3. The Morgan fingerprint density at radius 2 is 1.73 bits per heavy atom. The number of ether oxygens (including phenoxy) is 1. The van der Waals surface area contributed by atoms with Gasteiger partial charge in [0.15, 0.2) is 23.3 Å². The summed E-state index contributed by atoms with van der Waals surface area (Å²) in [5.41, 5.74) is 0.807. The van der Waals surface area contributed by atoms with Gasteiger partial charge in [-0.3, -0.25) is 0 Å². The first-order valence-corrected chi connectivity index (χ1v) is 9.38. The molecule has 2 aromatic rings. The summed E-state index contributed by atoms with van der Waals surface area (Å²) in [4.78, 5) is -2.14. The van der Waals surface area contributed by atoms with Crippen LogP contribution in [-0.2, 0) is 9.84 Å². The Hall–Kier alpha value is -2.13. The fourth-order valence-electron chi connectivity index (χ4n) is 3.47. The molecule has 2 atom stereocenters. The van der Waals surface area contributed by atoms with Crippen LogP contribution in [-0.4, -0.2) is 27.6 Å². The average Bonchev–Trinajstić information content (AvgIpc) is 2.98. The summed E-state index contributed by atoms with van der Waals surface area (Å²) < 4.78 is 85.6. The Labute approximate surface area is 146 Å². The lowest BCUT2D eigenvalue weighted by Crippen LogP contribution is -2.39. The van der Waals surface area contributed by atoms with Gasteiger partial charge in [-0.1, -0.05) is 6.07 Å². The number of benzene rings is 2. The Bertz CT molecular complexity index is 983. The molecule has 9 heteroatoms. The van der Waals surface area contributed by atoms with Gasteiger partial charge in [-0.2, -0.15) is 0 Å². The minimum atomic E-state index is -4.83. The van der Waals surface area contributed by atoms with Crippen LogP contribution in [0.15, 0.2) is 34.1 Å². The maximum Gasteiger partial charge on any atom is 0.212 e. The van der Waals surface area contributed by atoms with Crippen LogP contribution >= 0.6 is 0 Å². The van der Waals surface area contributed by atoms with Crippen LogP contribution in [0.1, 0.15) is 17.9 Å². The van der Waals surface area contributed by atoms with Crippen molar-refractivity contribution < 1.29 is 30.7 Å². The third kappa shape index (κ3) is 2.49. The highest BCUT2D eigenvalue weighted by molar-refractivity contribution is 7.91. The second kappa shape index (κ2) is 5.95. The van der Waals surface area contributed by atoms with Gasteiger partial charge < -0.3 is 10.1 Å². The molecule has 0 spiro atoms. The number of piperidine rings is 1. The van der Waals surface area contributed by atoms with Crippen molar-refractivity contribution >= 4 is 9.84 Å². The Kier molecular flexibility index (Phi) is 3.96. The summed E-state index contributed by atoms with van der Waals surface area (Å²) in [6.45, 7) is 1.39. The number of fused-ring (bicyclic) bond motifs is 3. The molecule has 0 aliphatic carbocycles. The third-order valence-corrected chi connectivity index (χ3v) is 6.51. The van der Waals surface area contributed by atoms with E-state index in [1.54, 1.807) is 0 Å².